The molecule has 0 unspecified atom stereocenters. The number of ether oxygens (including phenoxy) is 2. The number of rotatable bonds is 5. The van der Waals surface area contributed by atoms with Crippen molar-refractivity contribution >= 4 is 25.3 Å². The van der Waals surface area contributed by atoms with Crippen molar-refractivity contribution in [3.63, 3.8) is 0 Å². The highest BCUT2D eigenvalue weighted by Gasteiger charge is 2.31. The molecule has 10 heteroatoms. The van der Waals surface area contributed by atoms with Gasteiger partial charge in [-0.1, -0.05) is 32.1 Å². The molecule has 2 amide bonds. The van der Waals surface area contributed by atoms with Crippen LogP contribution in [0.25, 0.3) is 0 Å². The highest BCUT2D eigenvalue weighted by atomic mass is 16.5. The fourth-order valence-electron chi connectivity index (χ4n) is 3.04. The summed E-state index contributed by atoms with van der Waals surface area (Å²) in [5.41, 5.74) is 6.30. The van der Waals surface area contributed by atoms with Crippen LogP contribution >= 0.6 is 0 Å². The van der Waals surface area contributed by atoms with E-state index in [2.05, 4.69) is 10.6 Å². The van der Waals surface area contributed by atoms with Gasteiger partial charge in [0.05, 0.1) is 13.8 Å². The third-order valence-electron chi connectivity index (χ3n) is 4.75. The van der Waals surface area contributed by atoms with Crippen LogP contribution < -0.4 is 21.1 Å². The molecule has 1 aromatic carbocycles. The quantitative estimate of drug-likeness (QED) is 0.266. The molecule has 3 rings (SSSR count). The van der Waals surface area contributed by atoms with Crippen LogP contribution in [0.5, 0.6) is 5.75 Å². The highest BCUT2D eigenvalue weighted by Crippen LogP contribution is 2.19. The molecule has 1 radical (unpaired) electrons. The van der Waals surface area contributed by atoms with Crippen LogP contribution in [0.4, 0.5) is 0 Å². The molecular formula is C21H29BN3O6. The summed E-state index contributed by atoms with van der Waals surface area (Å²) in [6.07, 6.45) is 3.47. The number of esters is 1. The van der Waals surface area contributed by atoms with E-state index >= 15 is 0 Å². The van der Waals surface area contributed by atoms with Gasteiger partial charge in [0.2, 0.25) is 11.8 Å². The molecule has 4 N–H and O–H groups in total. The first-order chi connectivity index (χ1) is 14.8. The van der Waals surface area contributed by atoms with E-state index in [-0.39, 0.29) is 25.2 Å². The van der Waals surface area contributed by atoms with Crippen LogP contribution in [0, 0.1) is 5.92 Å². The second kappa shape index (κ2) is 12.1. The number of hydrogen-bond donors (Lipinski definition) is 3. The van der Waals surface area contributed by atoms with E-state index in [1.54, 1.807) is 32.1 Å². The summed E-state index contributed by atoms with van der Waals surface area (Å²) < 4.78 is 15.6. The Morgan fingerprint density at radius 3 is 2.55 bits per heavy atom. The first-order valence-electron chi connectivity index (χ1n) is 10.1. The Balaban J connectivity index is 2.35. The molecule has 1 aromatic rings. The normalized spacial score (nSPS) is 22.4. The SMILES string of the molecule is COC(=O)[C@@H]1C=CCOc2ccc(cc2)C[C@H]([B]OCN)C(=O)N[C@@H](C(C)C)C(=O)N1. The lowest BCUT2D eigenvalue weighted by molar-refractivity contribution is -0.144. The second-order valence-electron chi connectivity index (χ2n) is 7.40. The summed E-state index contributed by atoms with van der Waals surface area (Å²) in [6.45, 7) is 3.73. The van der Waals surface area contributed by atoms with E-state index in [0.717, 1.165) is 5.56 Å². The number of benzene rings is 1. The zero-order chi connectivity index (χ0) is 22.8. The molecule has 0 aromatic heterocycles. The lowest BCUT2D eigenvalue weighted by Gasteiger charge is -2.26. The van der Waals surface area contributed by atoms with Crippen LogP contribution in [-0.2, 0) is 30.2 Å². The van der Waals surface area contributed by atoms with Crippen molar-refractivity contribution < 1.29 is 28.5 Å². The zero-order valence-corrected chi connectivity index (χ0v) is 18.0. The average Bonchev–Trinajstić information content (AvgIpc) is 2.76. The van der Waals surface area contributed by atoms with Gasteiger partial charge in [0.1, 0.15) is 24.4 Å². The number of methoxy groups -OCH3 is 1. The van der Waals surface area contributed by atoms with Crippen LogP contribution in [0.3, 0.4) is 0 Å². The molecule has 0 saturated carbocycles. The smallest absolute Gasteiger partial charge is 0.332 e. The molecule has 0 saturated heterocycles. The van der Waals surface area contributed by atoms with Crippen molar-refractivity contribution in [2.75, 3.05) is 20.4 Å². The van der Waals surface area contributed by atoms with E-state index in [0.29, 0.717) is 12.2 Å². The standard InChI is InChI=1S/C21H29BN3O6/c1-13(2)18-20(27)24-17(21(28)29-3)5-4-10-30-15-8-6-14(7-9-15)11-16(19(26)25-18)22-31-12-23/h4-9,13,16-18H,10-12,23H2,1-3H3,(H,24,27)(H,25,26)/t16-,17-,18-/m0/s1. The Labute approximate surface area is 182 Å². The minimum Gasteiger partial charge on any atom is -0.490 e. The number of hydrogen-bond acceptors (Lipinski definition) is 7. The zero-order valence-electron chi connectivity index (χ0n) is 18.0. The summed E-state index contributed by atoms with van der Waals surface area (Å²) in [4.78, 5) is 38.0. The average molecular weight is 430 g/mol. The van der Waals surface area contributed by atoms with Crippen molar-refractivity contribution in [2.24, 2.45) is 11.7 Å². The van der Waals surface area contributed by atoms with E-state index in [1.807, 2.05) is 12.1 Å². The predicted molar refractivity (Wildman–Crippen MR) is 115 cm³/mol. The summed E-state index contributed by atoms with van der Waals surface area (Å²) in [7, 11) is 2.61. The maximum Gasteiger partial charge on any atom is 0.332 e. The van der Waals surface area contributed by atoms with Crippen LogP contribution in [-0.4, -0.2) is 57.8 Å². The lowest BCUT2D eigenvalue weighted by Crippen LogP contribution is -2.54. The van der Waals surface area contributed by atoms with Gasteiger partial charge >= 0.3 is 13.5 Å². The molecule has 2 bridgehead atoms. The monoisotopic (exact) mass is 430 g/mol. The molecule has 9 nitrogen and oxygen atoms in total. The van der Waals surface area contributed by atoms with E-state index in [4.69, 9.17) is 19.9 Å². The van der Waals surface area contributed by atoms with Gasteiger partial charge in [-0.15, -0.1) is 0 Å². The Hall–Kier alpha value is -2.85. The van der Waals surface area contributed by atoms with Crippen LogP contribution in [0.2, 0.25) is 5.82 Å². The largest absolute Gasteiger partial charge is 0.490 e. The van der Waals surface area contributed by atoms with Crippen molar-refractivity contribution in [3.8, 4) is 5.75 Å². The molecule has 0 aliphatic carbocycles. The van der Waals surface area contributed by atoms with Crippen molar-refractivity contribution in [1.29, 1.82) is 0 Å². The minimum absolute atomic E-state index is 0.0716. The summed E-state index contributed by atoms with van der Waals surface area (Å²) in [5.74, 6) is -1.80. The number of fused-ring (bicyclic) bond motifs is 12. The Morgan fingerprint density at radius 2 is 1.94 bits per heavy atom. The van der Waals surface area contributed by atoms with E-state index in [9.17, 15) is 14.4 Å². The van der Waals surface area contributed by atoms with Gasteiger partial charge in [-0.05, 0) is 36.1 Å². The van der Waals surface area contributed by atoms with Gasteiger partial charge < -0.3 is 30.5 Å². The number of nitrogens with one attached hydrogen (secondary N) is 2. The molecule has 167 valence electrons. The van der Waals surface area contributed by atoms with Gasteiger partial charge in [0.15, 0.2) is 0 Å². The highest BCUT2D eigenvalue weighted by molar-refractivity contribution is 6.37. The Bertz CT molecular complexity index is 784. The second-order valence-corrected chi connectivity index (χ2v) is 7.40. The summed E-state index contributed by atoms with van der Waals surface area (Å²) in [5, 5.41) is 5.39. The number of carbonyl (C=O) groups is 3. The van der Waals surface area contributed by atoms with Crippen molar-refractivity contribution in [1.82, 2.24) is 10.6 Å². The number of nitrogens with two attached hydrogens (primary N) is 1. The van der Waals surface area contributed by atoms with Crippen LogP contribution in [0.1, 0.15) is 19.4 Å². The molecule has 2 aliphatic heterocycles. The molecular weight excluding hydrogens is 401 g/mol. The molecule has 0 spiro atoms. The minimum atomic E-state index is -1.02. The fourth-order valence-corrected chi connectivity index (χ4v) is 3.04. The third-order valence-corrected chi connectivity index (χ3v) is 4.75. The summed E-state index contributed by atoms with van der Waals surface area (Å²) >= 11 is 0. The topological polar surface area (TPSA) is 129 Å². The first kappa shape index (κ1) is 24.4. The van der Waals surface area contributed by atoms with Crippen molar-refractivity contribution in [2.45, 2.75) is 38.2 Å². The molecule has 31 heavy (non-hydrogen) atoms. The Kier molecular flexibility index (Phi) is 9.55. The maximum absolute atomic E-state index is 13.0. The Morgan fingerprint density at radius 1 is 1.23 bits per heavy atom. The van der Waals surface area contributed by atoms with Gasteiger partial charge in [-0.2, -0.15) is 0 Å². The maximum atomic E-state index is 13.0. The molecule has 3 atom stereocenters. The van der Waals surface area contributed by atoms with Crippen LogP contribution in [0.15, 0.2) is 36.4 Å². The molecule has 2 heterocycles. The third kappa shape index (κ3) is 7.41. The van der Waals surface area contributed by atoms with Gasteiger partial charge in [0.25, 0.3) is 0 Å². The fraction of sp³-hybridized carbons (Fsp3) is 0.476. The predicted octanol–water partition coefficient (Wildman–Crippen LogP) is 0.317. The first-order valence-corrected chi connectivity index (χ1v) is 10.1. The summed E-state index contributed by atoms with van der Waals surface area (Å²) in [6, 6.07) is 5.41. The lowest BCUT2D eigenvalue weighted by atomic mass is 9.75. The molecule has 2 aliphatic rings. The van der Waals surface area contributed by atoms with E-state index in [1.165, 1.54) is 20.7 Å². The molecule has 0 fully saturated rings. The van der Waals surface area contributed by atoms with Gasteiger partial charge in [-0.25, -0.2) is 4.79 Å². The van der Waals surface area contributed by atoms with Gasteiger partial charge in [-0.3, -0.25) is 9.59 Å². The number of amides is 2. The van der Waals surface area contributed by atoms with Crippen molar-refractivity contribution in [3.05, 3.63) is 42.0 Å². The number of carbonyl (C=O) groups excluding carboxylic acids is 3. The van der Waals surface area contributed by atoms with E-state index < -0.39 is 29.8 Å². The van der Waals surface area contributed by atoms with Gasteiger partial charge in [0, 0.05) is 5.82 Å².